The van der Waals surface area contributed by atoms with Gasteiger partial charge in [-0.25, -0.2) is 0 Å². The van der Waals surface area contributed by atoms with Gasteiger partial charge in [-0.3, -0.25) is 0 Å². The molecule has 0 saturated heterocycles. The maximum absolute atomic E-state index is 11.7. The van der Waals surface area contributed by atoms with Crippen LogP contribution in [0, 0.1) is 6.07 Å². The molecule has 0 atom stereocenters. The first-order valence-electron chi connectivity index (χ1n) is 2.50. The van der Waals surface area contributed by atoms with Crippen LogP contribution in [0.1, 0.15) is 5.69 Å². The van der Waals surface area contributed by atoms with E-state index in [-0.39, 0.29) is 68.9 Å². The van der Waals surface area contributed by atoms with E-state index in [1.54, 1.807) is 0 Å². The van der Waals surface area contributed by atoms with Gasteiger partial charge in [0, 0.05) is 5.69 Å². The van der Waals surface area contributed by atoms with Gasteiger partial charge in [0.1, 0.15) is 0 Å². The van der Waals surface area contributed by atoms with Crippen LogP contribution in [0.5, 0.6) is 0 Å². The van der Waals surface area contributed by atoms with Gasteiger partial charge >= 0.3 is 75.1 Å². The summed E-state index contributed by atoms with van der Waals surface area (Å²) in [5.74, 6) is 0. The summed E-state index contributed by atoms with van der Waals surface area (Å²) in [6.07, 6.45) is -3.29. The van der Waals surface area contributed by atoms with Crippen molar-refractivity contribution in [3.8, 4) is 0 Å². The van der Waals surface area contributed by atoms with Crippen molar-refractivity contribution in [1.29, 1.82) is 0 Å². The third-order valence-electron chi connectivity index (χ3n) is 0.895. The third kappa shape index (κ3) is 3.95. The van der Waals surface area contributed by atoms with Crippen molar-refractivity contribution in [2.24, 2.45) is 0 Å². The van der Waals surface area contributed by atoms with E-state index in [1.807, 2.05) is 0 Å². The fourth-order valence-corrected chi connectivity index (χ4v) is 0.480. The average molecular weight is 279 g/mol. The van der Waals surface area contributed by atoms with Gasteiger partial charge in [-0.1, -0.05) is 6.20 Å². The number of hydrogen-bond acceptors (Lipinski definition) is 1. The molecular formula is C6H3CsF3N. The van der Waals surface area contributed by atoms with Crippen LogP contribution in [0.2, 0.25) is 0 Å². The second-order valence-electron chi connectivity index (χ2n) is 1.64. The summed E-state index contributed by atoms with van der Waals surface area (Å²) < 4.78 is 35.1. The van der Waals surface area contributed by atoms with Crippen LogP contribution in [0.25, 0.3) is 0 Å². The van der Waals surface area contributed by atoms with Crippen molar-refractivity contribution in [3.05, 3.63) is 30.1 Å². The zero-order valence-corrected chi connectivity index (χ0v) is 12.1. The van der Waals surface area contributed by atoms with Gasteiger partial charge < -0.3 is 4.98 Å². The molecule has 0 radical (unpaired) electrons. The maximum Gasteiger partial charge on any atom is 1.00 e. The quantitative estimate of drug-likeness (QED) is 0.550. The van der Waals surface area contributed by atoms with E-state index in [0.717, 1.165) is 12.3 Å². The largest absolute Gasteiger partial charge is 1.00 e. The summed E-state index contributed by atoms with van der Waals surface area (Å²) in [6, 6.07) is 4.41. The molecule has 0 aromatic carbocycles. The topological polar surface area (TPSA) is 12.9 Å². The summed E-state index contributed by atoms with van der Waals surface area (Å²) in [7, 11) is 0. The normalized spacial score (nSPS) is 10.5. The molecule has 0 bridgehead atoms. The Balaban J connectivity index is 0.000001000. The molecule has 0 aliphatic carbocycles. The Morgan fingerprint density at radius 2 is 2.00 bits per heavy atom. The first-order valence-corrected chi connectivity index (χ1v) is 2.50. The van der Waals surface area contributed by atoms with Gasteiger partial charge in [0.25, 0.3) is 0 Å². The molecule has 1 heterocycles. The molecule has 0 aliphatic heterocycles. The van der Waals surface area contributed by atoms with E-state index in [9.17, 15) is 13.2 Å². The van der Waals surface area contributed by atoms with Gasteiger partial charge in [0.2, 0.25) is 0 Å². The van der Waals surface area contributed by atoms with Crippen molar-refractivity contribution in [3.63, 3.8) is 0 Å². The molecule has 1 nitrogen and oxygen atoms in total. The molecular weight excluding hydrogens is 276 g/mol. The molecule has 1 aromatic rings. The molecule has 5 heteroatoms. The Morgan fingerprint density at radius 3 is 2.27 bits per heavy atom. The number of rotatable bonds is 0. The minimum absolute atomic E-state index is 0. The summed E-state index contributed by atoms with van der Waals surface area (Å²) in [5, 5.41) is 0. The van der Waals surface area contributed by atoms with E-state index < -0.39 is 11.9 Å². The van der Waals surface area contributed by atoms with Crippen LogP contribution in [0.4, 0.5) is 13.2 Å². The Bertz CT molecular complexity index is 209. The second kappa shape index (κ2) is 4.88. The summed E-state index contributed by atoms with van der Waals surface area (Å²) in [6.45, 7) is 0. The van der Waals surface area contributed by atoms with Crippen LogP contribution < -0.4 is 68.9 Å². The number of aromatic nitrogens is 1. The smallest absolute Gasteiger partial charge is 0.379 e. The zero-order chi connectivity index (χ0) is 7.61. The molecule has 0 saturated carbocycles. The maximum atomic E-state index is 11.7. The number of nitrogens with zero attached hydrogens (tertiary/aromatic N) is 1. The minimum atomic E-state index is -4.35. The molecule has 0 fully saturated rings. The van der Waals surface area contributed by atoms with Gasteiger partial charge in [-0.05, 0) is 0 Å². The van der Waals surface area contributed by atoms with Crippen molar-refractivity contribution < 1.29 is 82.1 Å². The van der Waals surface area contributed by atoms with Crippen LogP contribution in [0.3, 0.4) is 0 Å². The Labute approximate surface area is 121 Å². The number of halogens is 3. The van der Waals surface area contributed by atoms with E-state index in [0.29, 0.717) is 0 Å². The van der Waals surface area contributed by atoms with Crippen molar-refractivity contribution in [2.75, 3.05) is 0 Å². The van der Waals surface area contributed by atoms with Crippen LogP contribution >= 0.6 is 0 Å². The predicted molar refractivity (Wildman–Crippen MR) is 28.1 cm³/mol. The van der Waals surface area contributed by atoms with E-state index in [2.05, 4.69) is 11.1 Å². The average Bonchev–Trinajstić information content (AvgIpc) is 1.88. The molecule has 0 N–H and O–H groups in total. The van der Waals surface area contributed by atoms with Gasteiger partial charge in [-0.2, -0.15) is 25.3 Å². The summed E-state index contributed by atoms with van der Waals surface area (Å²) in [5.41, 5.74) is -0.907. The Hall–Kier alpha value is 0.992. The first kappa shape index (κ1) is 12.0. The minimum Gasteiger partial charge on any atom is -0.379 e. The summed E-state index contributed by atoms with van der Waals surface area (Å²) in [4.78, 5) is 3.09. The molecule has 0 spiro atoms. The number of alkyl halides is 3. The molecule has 0 aliphatic rings. The van der Waals surface area contributed by atoms with Crippen molar-refractivity contribution in [2.45, 2.75) is 6.18 Å². The zero-order valence-electron chi connectivity index (χ0n) is 5.81. The van der Waals surface area contributed by atoms with Gasteiger partial charge in [0.15, 0.2) is 0 Å². The molecule has 11 heavy (non-hydrogen) atoms. The molecule has 1 rings (SSSR count). The van der Waals surface area contributed by atoms with Gasteiger partial charge in [0.05, 0.1) is 0 Å². The van der Waals surface area contributed by atoms with Gasteiger partial charge in [-0.15, -0.1) is 6.07 Å². The fraction of sp³-hybridized carbons (Fsp3) is 0.167. The fourth-order valence-electron chi connectivity index (χ4n) is 0.480. The SMILES string of the molecule is FC(F)(F)c1c[c-]ccn1.[Cs+]. The molecule has 1 aromatic heterocycles. The Kier molecular flexibility index (Phi) is 5.32. The third-order valence-corrected chi connectivity index (χ3v) is 0.895. The molecule has 0 unspecified atom stereocenters. The number of pyridine rings is 1. The second-order valence-corrected chi connectivity index (χ2v) is 1.64. The van der Waals surface area contributed by atoms with Crippen LogP contribution in [-0.2, 0) is 6.18 Å². The molecule has 0 amide bonds. The van der Waals surface area contributed by atoms with Crippen molar-refractivity contribution >= 4 is 0 Å². The molecule has 54 valence electrons. The Morgan fingerprint density at radius 1 is 1.36 bits per heavy atom. The van der Waals surface area contributed by atoms with E-state index in [4.69, 9.17) is 0 Å². The predicted octanol–water partition coefficient (Wildman–Crippen LogP) is -1.10. The van der Waals surface area contributed by atoms with E-state index >= 15 is 0 Å². The van der Waals surface area contributed by atoms with Crippen molar-refractivity contribution in [1.82, 2.24) is 4.98 Å². The van der Waals surface area contributed by atoms with Crippen LogP contribution in [0.15, 0.2) is 18.3 Å². The van der Waals surface area contributed by atoms with Crippen LogP contribution in [-0.4, -0.2) is 4.98 Å². The number of hydrogen-bond donors (Lipinski definition) is 0. The summed E-state index contributed by atoms with van der Waals surface area (Å²) >= 11 is 0. The van der Waals surface area contributed by atoms with E-state index in [1.165, 1.54) is 6.07 Å². The first-order chi connectivity index (χ1) is 4.61. The standard InChI is InChI=1S/C6H3F3N.Cs/c7-6(8,9)5-3-1-2-4-10-5;/h2-4H;/q-1;+1. The monoisotopic (exact) mass is 279 g/mol.